The van der Waals surface area contributed by atoms with Gasteiger partial charge in [0.15, 0.2) is 5.43 Å². The van der Waals surface area contributed by atoms with E-state index in [0.29, 0.717) is 40.6 Å². The fourth-order valence-corrected chi connectivity index (χ4v) is 4.46. The van der Waals surface area contributed by atoms with Crippen LogP contribution in [0.1, 0.15) is 34.8 Å². The Balaban J connectivity index is 1.63. The maximum atomic E-state index is 13.6. The highest BCUT2D eigenvalue weighted by Gasteiger charge is 2.23. The van der Waals surface area contributed by atoms with Gasteiger partial charge in [0.25, 0.3) is 5.91 Å². The van der Waals surface area contributed by atoms with E-state index in [0.717, 1.165) is 4.47 Å². The van der Waals surface area contributed by atoms with E-state index < -0.39 is 0 Å². The number of carbonyl (C=O) groups is 2. The van der Waals surface area contributed by atoms with Gasteiger partial charge in [0.05, 0.1) is 23.8 Å². The quantitative estimate of drug-likeness (QED) is 0.258. The molecule has 0 bridgehead atoms. The van der Waals surface area contributed by atoms with E-state index >= 15 is 0 Å². The molecule has 0 unspecified atom stereocenters. The molecule has 0 spiro atoms. The zero-order chi connectivity index (χ0) is 26.4. The first kappa shape index (κ1) is 26.3. The molecule has 0 saturated heterocycles. The summed E-state index contributed by atoms with van der Waals surface area (Å²) >= 11 is 3.38. The van der Waals surface area contributed by atoms with E-state index in [1.807, 2.05) is 13.0 Å². The maximum Gasteiger partial charge on any atom is 0.254 e. The zero-order valence-electron chi connectivity index (χ0n) is 20.3. The van der Waals surface area contributed by atoms with Crippen LogP contribution in [0.5, 0.6) is 0 Å². The van der Waals surface area contributed by atoms with Crippen molar-refractivity contribution in [2.24, 2.45) is 0 Å². The van der Waals surface area contributed by atoms with Crippen LogP contribution in [0.15, 0.2) is 92.7 Å². The molecule has 1 heterocycles. The minimum atomic E-state index is -0.384. The predicted octanol–water partition coefficient (Wildman–Crippen LogP) is 5.78. The van der Waals surface area contributed by atoms with Crippen LogP contribution < -0.4 is 5.43 Å². The van der Waals surface area contributed by atoms with Crippen molar-refractivity contribution in [2.45, 2.75) is 26.4 Å². The molecule has 2 amide bonds. The van der Waals surface area contributed by atoms with Gasteiger partial charge in [-0.15, -0.1) is 0 Å². The lowest BCUT2D eigenvalue weighted by molar-refractivity contribution is -0.133. The summed E-state index contributed by atoms with van der Waals surface area (Å²) in [7, 11) is 0. The van der Waals surface area contributed by atoms with Gasteiger partial charge in [-0.05, 0) is 54.4 Å². The van der Waals surface area contributed by atoms with Crippen LogP contribution in [0.2, 0.25) is 0 Å². The monoisotopic (exact) mass is 564 g/mol. The largest absolute Gasteiger partial charge is 0.464 e. The van der Waals surface area contributed by atoms with Gasteiger partial charge < -0.3 is 14.2 Å². The summed E-state index contributed by atoms with van der Waals surface area (Å²) in [6.07, 6.45) is 2.03. The van der Waals surface area contributed by atoms with E-state index in [4.69, 9.17) is 4.42 Å². The molecule has 0 aliphatic rings. The Morgan fingerprint density at radius 2 is 1.70 bits per heavy atom. The molecule has 0 aliphatic carbocycles. The minimum absolute atomic E-state index is 0.0194. The number of fused-ring (bicyclic) bond motifs is 1. The van der Waals surface area contributed by atoms with Gasteiger partial charge in [-0.2, -0.15) is 0 Å². The van der Waals surface area contributed by atoms with E-state index in [-0.39, 0.29) is 42.7 Å². The molecule has 0 aliphatic heterocycles. The van der Waals surface area contributed by atoms with Crippen LogP contribution in [-0.4, -0.2) is 34.7 Å². The fraction of sp³-hybridized carbons (Fsp3) is 0.207. The zero-order valence-corrected chi connectivity index (χ0v) is 21.9. The number of benzene rings is 3. The average Bonchev–Trinajstić information content (AvgIpc) is 2.90. The molecule has 8 heteroatoms. The number of amides is 2. The molecule has 0 atom stereocenters. The van der Waals surface area contributed by atoms with Gasteiger partial charge in [0, 0.05) is 23.1 Å². The summed E-state index contributed by atoms with van der Waals surface area (Å²) in [4.78, 5) is 42.9. The normalized spacial score (nSPS) is 10.9. The molecule has 0 fully saturated rings. The Kier molecular flexibility index (Phi) is 8.50. The lowest BCUT2D eigenvalue weighted by Crippen LogP contribution is -2.43. The summed E-state index contributed by atoms with van der Waals surface area (Å²) in [5.41, 5.74) is 1.71. The second kappa shape index (κ2) is 12.0. The van der Waals surface area contributed by atoms with E-state index in [1.54, 1.807) is 54.6 Å². The summed E-state index contributed by atoms with van der Waals surface area (Å²) in [5, 5.41) is 0.423. The first-order valence-electron chi connectivity index (χ1n) is 11.9. The van der Waals surface area contributed by atoms with Gasteiger partial charge in [0.2, 0.25) is 5.91 Å². The highest BCUT2D eigenvalue weighted by atomic mass is 79.9. The second-order valence-electron chi connectivity index (χ2n) is 8.70. The van der Waals surface area contributed by atoms with Gasteiger partial charge in [-0.25, -0.2) is 4.39 Å². The Labute approximate surface area is 222 Å². The molecule has 4 aromatic rings. The van der Waals surface area contributed by atoms with Crippen molar-refractivity contribution in [3.63, 3.8) is 0 Å². The number of hydrogen-bond donors (Lipinski definition) is 0. The van der Waals surface area contributed by atoms with Crippen molar-refractivity contribution < 1.29 is 18.4 Å². The Morgan fingerprint density at radius 3 is 2.43 bits per heavy atom. The van der Waals surface area contributed by atoms with Crippen LogP contribution >= 0.6 is 15.9 Å². The lowest BCUT2D eigenvalue weighted by atomic mass is 10.1. The third-order valence-corrected chi connectivity index (χ3v) is 6.42. The highest BCUT2D eigenvalue weighted by molar-refractivity contribution is 9.10. The molecule has 4 rings (SSSR count). The molecule has 3 aromatic carbocycles. The number of halogens is 2. The average molecular weight is 565 g/mol. The van der Waals surface area contributed by atoms with Crippen LogP contribution in [0.25, 0.3) is 11.0 Å². The van der Waals surface area contributed by atoms with E-state index in [9.17, 15) is 18.8 Å². The third-order valence-electron chi connectivity index (χ3n) is 5.93. The summed E-state index contributed by atoms with van der Waals surface area (Å²) in [6.45, 7) is 2.27. The van der Waals surface area contributed by atoms with Gasteiger partial charge >= 0.3 is 0 Å². The number of hydrogen-bond acceptors (Lipinski definition) is 4. The van der Waals surface area contributed by atoms with Crippen molar-refractivity contribution in [3.8, 4) is 0 Å². The molecule has 1 aromatic heterocycles. The van der Waals surface area contributed by atoms with Crippen LogP contribution in [0.3, 0.4) is 0 Å². The molecule has 190 valence electrons. The summed E-state index contributed by atoms with van der Waals surface area (Å²) in [6, 6.07) is 19.8. The van der Waals surface area contributed by atoms with Crippen molar-refractivity contribution in [1.29, 1.82) is 0 Å². The fourth-order valence-electron chi connectivity index (χ4n) is 4.06. The van der Waals surface area contributed by atoms with Gasteiger partial charge in [-0.1, -0.05) is 53.2 Å². The topological polar surface area (TPSA) is 70.8 Å². The van der Waals surface area contributed by atoms with Crippen molar-refractivity contribution in [3.05, 3.63) is 116 Å². The maximum absolute atomic E-state index is 13.6. The Bertz CT molecular complexity index is 1470. The molecular formula is C29H26BrFN2O4. The Morgan fingerprint density at radius 1 is 0.946 bits per heavy atom. The Hall–Kier alpha value is -3.78. The van der Waals surface area contributed by atoms with Crippen LogP contribution in [-0.2, 0) is 17.9 Å². The first-order chi connectivity index (χ1) is 17.9. The van der Waals surface area contributed by atoms with E-state index in [1.165, 1.54) is 28.2 Å². The van der Waals surface area contributed by atoms with Crippen molar-refractivity contribution >= 4 is 38.7 Å². The number of nitrogens with zero attached hydrogens (tertiary/aromatic N) is 2. The predicted molar refractivity (Wildman–Crippen MR) is 143 cm³/mol. The van der Waals surface area contributed by atoms with Crippen molar-refractivity contribution in [1.82, 2.24) is 9.80 Å². The number of carbonyl (C=O) groups excluding carboxylic acids is 2. The molecule has 0 N–H and O–H groups in total. The number of rotatable bonds is 9. The smallest absolute Gasteiger partial charge is 0.254 e. The first-order valence-corrected chi connectivity index (χ1v) is 12.7. The van der Waals surface area contributed by atoms with Crippen LogP contribution in [0, 0.1) is 5.82 Å². The highest BCUT2D eigenvalue weighted by Crippen LogP contribution is 2.17. The van der Waals surface area contributed by atoms with Crippen LogP contribution in [0.4, 0.5) is 4.39 Å². The summed E-state index contributed by atoms with van der Waals surface area (Å²) in [5.74, 6) is -0.984. The minimum Gasteiger partial charge on any atom is -0.464 e. The second-order valence-corrected chi connectivity index (χ2v) is 9.62. The molecule has 0 saturated carbocycles. The summed E-state index contributed by atoms with van der Waals surface area (Å²) < 4.78 is 19.9. The SMILES string of the molecule is CCCN(CC(=O)N(Cc1ccc(F)cc1)Cc1coc2ccccc2c1=O)C(=O)c1cccc(Br)c1. The molecular weight excluding hydrogens is 539 g/mol. The standard InChI is InChI=1S/C29H26BrFN2O4/c1-2-14-32(29(36)21-6-5-7-23(30)15-21)18-27(34)33(16-20-10-12-24(31)13-11-20)17-22-19-37-26-9-4-3-8-25(26)28(22)35/h3-13,15,19H,2,14,16-18H2,1H3. The third kappa shape index (κ3) is 6.51. The van der Waals surface area contributed by atoms with Crippen molar-refractivity contribution in [2.75, 3.05) is 13.1 Å². The lowest BCUT2D eigenvalue weighted by Gasteiger charge is -2.28. The van der Waals surface area contributed by atoms with E-state index in [2.05, 4.69) is 15.9 Å². The molecule has 6 nitrogen and oxygen atoms in total. The number of para-hydroxylation sites is 1. The molecule has 37 heavy (non-hydrogen) atoms. The van der Waals surface area contributed by atoms with Gasteiger partial charge in [-0.3, -0.25) is 14.4 Å². The van der Waals surface area contributed by atoms with Gasteiger partial charge in [0.1, 0.15) is 17.9 Å². The molecule has 0 radical (unpaired) electrons.